The van der Waals surface area contributed by atoms with Crippen molar-refractivity contribution in [1.29, 1.82) is 0 Å². The monoisotopic (exact) mass is 411 g/mol. The van der Waals surface area contributed by atoms with Crippen LogP contribution in [0.25, 0.3) is 16.8 Å². The van der Waals surface area contributed by atoms with Crippen LogP contribution in [0.3, 0.4) is 0 Å². The van der Waals surface area contributed by atoms with E-state index in [4.69, 9.17) is 5.73 Å². The summed E-state index contributed by atoms with van der Waals surface area (Å²) in [6.07, 6.45) is 0.819. The number of hydrogen-bond acceptors (Lipinski definition) is 8. The maximum atomic E-state index is 14.1. The van der Waals surface area contributed by atoms with Gasteiger partial charge in [-0.1, -0.05) is 0 Å². The minimum Gasteiger partial charge on any atom is -0.382 e. The molecule has 1 aliphatic rings. The van der Waals surface area contributed by atoms with Crippen LogP contribution in [-0.4, -0.2) is 62.9 Å². The molecule has 10 heteroatoms. The zero-order valence-corrected chi connectivity index (χ0v) is 17.5. The van der Waals surface area contributed by atoms with Crippen molar-refractivity contribution < 1.29 is 4.39 Å². The van der Waals surface area contributed by atoms with Gasteiger partial charge in [0.05, 0.1) is 23.5 Å². The fourth-order valence-corrected chi connectivity index (χ4v) is 3.56. The molecule has 4 heterocycles. The number of fused-ring (bicyclic) bond motifs is 1. The average molecular weight is 411 g/mol. The Morgan fingerprint density at radius 1 is 1.23 bits per heavy atom. The van der Waals surface area contributed by atoms with Crippen molar-refractivity contribution in [2.45, 2.75) is 39.0 Å². The van der Waals surface area contributed by atoms with Gasteiger partial charge in [-0.2, -0.15) is 15.2 Å². The van der Waals surface area contributed by atoms with E-state index in [0.29, 0.717) is 30.4 Å². The second-order valence-corrected chi connectivity index (χ2v) is 7.94. The number of likely N-dealkylation sites (N-methyl/N-ethyl adjacent to an activating group) is 1. The molecule has 0 aromatic carbocycles. The Morgan fingerprint density at radius 3 is 2.70 bits per heavy atom. The van der Waals surface area contributed by atoms with Gasteiger partial charge in [-0.15, -0.1) is 5.10 Å². The van der Waals surface area contributed by atoms with E-state index < -0.39 is 6.17 Å². The topological polar surface area (TPSA) is 109 Å². The second-order valence-electron chi connectivity index (χ2n) is 7.94. The van der Waals surface area contributed by atoms with Crippen LogP contribution in [0.2, 0.25) is 0 Å². The van der Waals surface area contributed by atoms with Gasteiger partial charge in [0.1, 0.15) is 17.4 Å². The number of alkyl halides is 1. The van der Waals surface area contributed by atoms with E-state index in [9.17, 15) is 4.39 Å². The van der Waals surface area contributed by atoms with E-state index >= 15 is 0 Å². The summed E-state index contributed by atoms with van der Waals surface area (Å²) in [4.78, 5) is 10.9. The number of nitrogens with zero attached hydrogens (tertiary/aromatic N) is 7. The molecule has 0 spiro atoms. The molecule has 1 aliphatic heterocycles. The smallest absolute Gasteiger partial charge is 0.243 e. The summed E-state index contributed by atoms with van der Waals surface area (Å²) in [5.74, 6) is 0.607. The van der Waals surface area contributed by atoms with Crippen molar-refractivity contribution in [1.82, 2.24) is 24.5 Å². The number of pyridine rings is 1. The highest BCUT2D eigenvalue weighted by Crippen LogP contribution is 2.30. The molecule has 30 heavy (non-hydrogen) atoms. The number of aromatic nitrogens is 4. The number of anilines is 2. The number of rotatable bonds is 5. The number of nitrogens with two attached hydrogens (primary N) is 1. The first-order valence-electron chi connectivity index (χ1n) is 9.94. The Bertz CT molecular complexity index is 1090. The number of azo groups is 1. The van der Waals surface area contributed by atoms with E-state index in [1.807, 2.05) is 50.9 Å². The zero-order chi connectivity index (χ0) is 21.4. The van der Waals surface area contributed by atoms with E-state index in [2.05, 4.69) is 30.6 Å². The lowest BCUT2D eigenvalue weighted by atomic mass is 10.1. The average Bonchev–Trinajstić information content (AvgIpc) is 3.23. The predicted octanol–water partition coefficient (Wildman–Crippen LogP) is 3.24. The lowest BCUT2D eigenvalue weighted by Gasteiger charge is -2.15. The van der Waals surface area contributed by atoms with Gasteiger partial charge in [-0.05, 0) is 46.0 Å². The Hall–Kier alpha value is -3.14. The van der Waals surface area contributed by atoms with Crippen LogP contribution in [0.15, 0.2) is 34.6 Å². The third-order valence-corrected chi connectivity index (χ3v) is 5.01. The minimum absolute atomic E-state index is 0.122. The van der Waals surface area contributed by atoms with E-state index in [-0.39, 0.29) is 12.1 Å². The molecular weight excluding hydrogens is 385 g/mol. The van der Waals surface area contributed by atoms with Crippen molar-refractivity contribution >= 4 is 23.0 Å². The molecule has 0 bridgehead atoms. The molecule has 0 aliphatic carbocycles. The van der Waals surface area contributed by atoms with Gasteiger partial charge in [-0.3, -0.25) is 4.98 Å². The lowest BCUT2D eigenvalue weighted by Crippen LogP contribution is -2.30. The van der Waals surface area contributed by atoms with Gasteiger partial charge < -0.3 is 16.0 Å². The third kappa shape index (κ3) is 3.95. The Labute approximate surface area is 174 Å². The highest BCUT2D eigenvalue weighted by Gasteiger charge is 2.31. The molecule has 1 fully saturated rings. The molecule has 1 unspecified atom stereocenters. The van der Waals surface area contributed by atoms with Crippen molar-refractivity contribution in [2.75, 3.05) is 31.2 Å². The molecule has 3 N–H and O–H groups in total. The number of halogens is 1. The van der Waals surface area contributed by atoms with Crippen LogP contribution in [0.1, 0.15) is 19.5 Å². The number of nitrogen functional groups attached to an aromatic ring is 1. The molecule has 1 saturated heterocycles. The number of hydrogen-bond donors (Lipinski definition) is 2. The highest BCUT2D eigenvalue weighted by atomic mass is 19.1. The fraction of sp³-hybridized carbons (Fsp3) is 0.450. The van der Waals surface area contributed by atoms with Gasteiger partial charge in [0.25, 0.3) is 0 Å². The SMILES string of the molecule is Cc1nc(-c2ccn3nc(NC4CN(C)C[C@@H]4F)nc(N)c23)ccc1N=NC(C)C. The molecule has 4 rings (SSSR count). The lowest BCUT2D eigenvalue weighted by molar-refractivity contribution is 0.314. The first-order chi connectivity index (χ1) is 14.3. The highest BCUT2D eigenvalue weighted by molar-refractivity contribution is 5.86. The van der Waals surface area contributed by atoms with E-state index in [1.165, 1.54) is 0 Å². The maximum absolute atomic E-state index is 14.1. The largest absolute Gasteiger partial charge is 0.382 e. The van der Waals surface area contributed by atoms with E-state index in [0.717, 1.165) is 22.6 Å². The number of likely N-dealkylation sites (tertiary alicyclic amines) is 1. The van der Waals surface area contributed by atoms with Crippen molar-refractivity contribution in [2.24, 2.45) is 10.2 Å². The molecule has 0 saturated carbocycles. The predicted molar refractivity (Wildman–Crippen MR) is 115 cm³/mol. The van der Waals surface area contributed by atoms with E-state index in [1.54, 1.807) is 10.7 Å². The summed E-state index contributed by atoms with van der Waals surface area (Å²) >= 11 is 0. The second kappa shape index (κ2) is 7.94. The minimum atomic E-state index is -0.978. The normalized spacial score (nSPS) is 20.1. The molecule has 2 atom stereocenters. The van der Waals surface area contributed by atoms with Crippen LogP contribution in [0, 0.1) is 6.92 Å². The first kappa shape index (κ1) is 20.1. The Morgan fingerprint density at radius 2 is 2.03 bits per heavy atom. The maximum Gasteiger partial charge on any atom is 0.243 e. The van der Waals surface area contributed by atoms with Crippen LogP contribution in [0.5, 0.6) is 0 Å². The summed E-state index contributed by atoms with van der Waals surface area (Å²) in [6, 6.07) is 5.42. The Balaban J connectivity index is 1.64. The van der Waals surface area contributed by atoms with Gasteiger partial charge in [0.2, 0.25) is 5.95 Å². The van der Waals surface area contributed by atoms with Gasteiger partial charge in [0, 0.05) is 24.8 Å². The van der Waals surface area contributed by atoms with Crippen LogP contribution < -0.4 is 11.1 Å². The summed E-state index contributed by atoms with van der Waals surface area (Å²) < 4.78 is 15.8. The summed E-state index contributed by atoms with van der Waals surface area (Å²) in [6.45, 7) is 6.81. The molecule has 0 amide bonds. The van der Waals surface area contributed by atoms with Gasteiger partial charge in [-0.25, -0.2) is 8.91 Å². The van der Waals surface area contributed by atoms with Crippen molar-refractivity contribution in [3.05, 3.63) is 30.1 Å². The first-order valence-corrected chi connectivity index (χ1v) is 9.94. The molecule has 3 aromatic rings. The van der Waals surface area contributed by atoms with Crippen molar-refractivity contribution in [3.63, 3.8) is 0 Å². The number of aryl methyl sites for hydroxylation is 1. The van der Waals surface area contributed by atoms with Gasteiger partial charge in [0.15, 0.2) is 5.82 Å². The van der Waals surface area contributed by atoms with Crippen LogP contribution in [0.4, 0.5) is 21.8 Å². The number of nitrogens with one attached hydrogen (secondary N) is 1. The van der Waals surface area contributed by atoms with Crippen LogP contribution >= 0.6 is 0 Å². The summed E-state index contributed by atoms with van der Waals surface area (Å²) in [5.41, 5.74) is 9.97. The van der Waals surface area contributed by atoms with Crippen molar-refractivity contribution in [3.8, 4) is 11.3 Å². The molecule has 158 valence electrons. The summed E-state index contributed by atoms with van der Waals surface area (Å²) in [5, 5.41) is 15.9. The molecule has 3 aromatic heterocycles. The van der Waals surface area contributed by atoms with Crippen LogP contribution in [-0.2, 0) is 0 Å². The summed E-state index contributed by atoms with van der Waals surface area (Å²) in [7, 11) is 1.88. The zero-order valence-electron chi connectivity index (χ0n) is 17.5. The standard InChI is InChI=1S/C20H26FN9/c1-11(2)26-27-15-5-6-16(23-12(15)3)13-7-8-30-18(13)19(22)25-20(28-30)24-17-10-29(4)9-14(17)21/h5-8,11,14,17H,9-10H2,1-4H3,(H3,22,24,25,28)/t14-,17?/m0/s1. The molecular formula is C20H26FN9. The molecule has 9 nitrogen and oxygen atoms in total. The quantitative estimate of drug-likeness (QED) is 0.624. The third-order valence-electron chi connectivity index (χ3n) is 5.01. The molecule has 0 radical (unpaired) electrons. The van der Waals surface area contributed by atoms with Gasteiger partial charge >= 0.3 is 0 Å². The Kier molecular flexibility index (Phi) is 5.33. The fourth-order valence-electron chi connectivity index (χ4n) is 3.56.